The van der Waals surface area contributed by atoms with E-state index in [1.807, 2.05) is 12.1 Å². The molecule has 2 rings (SSSR count). The summed E-state index contributed by atoms with van der Waals surface area (Å²) in [5.74, 6) is -0.192. The van der Waals surface area contributed by atoms with Crippen molar-refractivity contribution in [2.24, 2.45) is 5.73 Å². The monoisotopic (exact) mass is 265 g/mol. The molecule has 0 amide bonds. The molecule has 1 aliphatic heterocycles. The minimum atomic E-state index is -0.192. The Morgan fingerprint density at radius 2 is 2.05 bits per heavy atom. The molecule has 106 valence electrons. The van der Waals surface area contributed by atoms with Crippen LogP contribution in [0.3, 0.4) is 0 Å². The first-order valence-corrected chi connectivity index (χ1v) is 7.03. The molecule has 3 nitrogen and oxygen atoms in total. The lowest BCUT2D eigenvalue weighted by molar-refractivity contribution is 0.175. The van der Waals surface area contributed by atoms with Gasteiger partial charge in [-0.25, -0.2) is 4.39 Å². The standard InChI is InChI=1S/C15H24FN3/c1-3-19(14-7-5-13(16)6-8-14)15(11-17)9-4-10-18(2)12-15/h5-8H,3-4,9-12,17H2,1-2H3. The van der Waals surface area contributed by atoms with Crippen molar-refractivity contribution in [2.45, 2.75) is 25.3 Å². The molecular formula is C15H24FN3. The van der Waals surface area contributed by atoms with Crippen molar-refractivity contribution in [1.82, 2.24) is 4.90 Å². The Bertz CT molecular complexity index is 406. The number of nitrogens with zero attached hydrogens (tertiary/aromatic N) is 2. The maximum atomic E-state index is 13.1. The highest BCUT2D eigenvalue weighted by atomic mass is 19.1. The van der Waals surface area contributed by atoms with Crippen molar-refractivity contribution in [3.63, 3.8) is 0 Å². The first kappa shape index (κ1) is 14.3. The second kappa shape index (κ2) is 5.88. The van der Waals surface area contributed by atoms with Crippen LogP contribution in [0.15, 0.2) is 24.3 Å². The fourth-order valence-corrected chi connectivity index (χ4v) is 3.25. The Labute approximate surface area is 115 Å². The average Bonchev–Trinajstić information content (AvgIpc) is 2.42. The number of likely N-dealkylation sites (N-methyl/N-ethyl adjacent to an activating group) is 2. The van der Waals surface area contributed by atoms with Crippen molar-refractivity contribution >= 4 is 5.69 Å². The largest absolute Gasteiger partial charge is 0.364 e. The van der Waals surface area contributed by atoms with E-state index in [0.717, 1.165) is 38.2 Å². The van der Waals surface area contributed by atoms with E-state index in [1.54, 1.807) is 0 Å². The third-order valence-corrected chi connectivity index (χ3v) is 4.15. The van der Waals surface area contributed by atoms with Gasteiger partial charge in [0.15, 0.2) is 0 Å². The highest BCUT2D eigenvalue weighted by Gasteiger charge is 2.38. The van der Waals surface area contributed by atoms with Gasteiger partial charge in [0.05, 0.1) is 5.54 Å². The zero-order valence-corrected chi connectivity index (χ0v) is 11.9. The zero-order chi connectivity index (χ0) is 13.9. The van der Waals surface area contributed by atoms with Gasteiger partial charge in [-0.1, -0.05) is 0 Å². The van der Waals surface area contributed by atoms with Crippen LogP contribution in [0.25, 0.3) is 0 Å². The number of hydrogen-bond donors (Lipinski definition) is 1. The maximum Gasteiger partial charge on any atom is 0.123 e. The molecule has 0 spiro atoms. The summed E-state index contributed by atoms with van der Waals surface area (Å²) < 4.78 is 13.1. The molecular weight excluding hydrogens is 241 g/mol. The molecule has 1 unspecified atom stereocenters. The van der Waals surface area contributed by atoms with Crippen LogP contribution in [0.4, 0.5) is 10.1 Å². The number of anilines is 1. The van der Waals surface area contributed by atoms with Gasteiger partial charge in [0, 0.05) is 25.3 Å². The summed E-state index contributed by atoms with van der Waals surface area (Å²) >= 11 is 0. The molecule has 0 aromatic heterocycles. The topological polar surface area (TPSA) is 32.5 Å². The van der Waals surface area contributed by atoms with Gasteiger partial charge < -0.3 is 15.5 Å². The second-order valence-electron chi connectivity index (χ2n) is 5.49. The quantitative estimate of drug-likeness (QED) is 0.904. The number of rotatable bonds is 4. The van der Waals surface area contributed by atoms with Gasteiger partial charge in [-0.15, -0.1) is 0 Å². The summed E-state index contributed by atoms with van der Waals surface area (Å²) in [5, 5.41) is 0. The van der Waals surface area contributed by atoms with E-state index in [-0.39, 0.29) is 11.4 Å². The van der Waals surface area contributed by atoms with E-state index in [2.05, 4.69) is 23.8 Å². The fourth-order valence-electron chi connectivity index (χ4n) is 3.25. The molecule has 0 bridgehead atoms. The predicted octanol–water partition coefficient (Wildman–Crippen LogP) is 2.08. The molecule has 1 saturated heterocycles. The first-order chi connectivity index (χ1) is 9.11. The second-order valence-corrected chi connectivity index (χ2v) is 5.49. The van der Waals surface area contributed by atoms with Crippen molar-refractivity contribution in [2.75, 3.05) is 38.1 Å². The molecule has 0 radical (unpaired) electrons. The van der Waals surface area contributed by atoms with Crippen molar-refractivity contribution in [1.29, 1.82) is 0 Å². The molecule has 1 aromatic carbocycles. The Morgan fingerprint density at radius 1 is 1.37 bits per heavy atom. The number of nitrogens with two attached hydrogens (primary N) is 1. The molecule has 1 aliphatic rings. The van der Waals surface area contributed by atoms with Gasteiger partial charge in [-0.2, -0.15) is 0 Å². The molecule has 2 N–H and O–H groups in total. The molecule has 19 heavy (non-hydrogen) atoms. The Kier molecular flexibility index (Phi) is 4.42. The van der Waals surface area contributed by atoms with Crippen LogP contribution >= 0.6 is 0 Å². The molecule has 1 atom stereocenters. The van der Waals surface area contributed by atoms with Gasteiger partial charge >= 0.3 is 0 Å². The van der Waals surface area contributed by atoms with Crippen molar-refractivity contribution in [3.05, 3.63) is 30.1 Å². The normalized spacial score (nSPS) is 24.4. The van der Waals surface area contributed by atoms with Gasteiger partial charge in [0.25, 0.3) is 0 Å². The lowest BCUT2D eigenvalue weighted by Crippen LogP contribution is -2.62. The lowest BCUT2D eigenvalue weighted by atomic mass is 9.86. The molecule has 4 heteroatoms. The van der Waals surface area contributed by atoms with Crippen LogP contribution in [-0.2, 0) is 0 Å². The summed E-state index contributed by atoms with van der Waals surface area (Å²) in [6.07, 6.45) is 2.25. The minimum absolute atomic E-state index is 0.0282. The van der Waals surface area contributed by atoms with Crippen LogP contribution in [-0.4, -0.2) is 43.7 Å². The van der Waals surface area contributed by atoms with E-state index in [4.69, 9.17) is 5.73 Å². The van der Waals surface area contributed by atoms with E-state index in [1.165, 1.54) is 12.1 Å². The minimum Gasteiger partial charge on any atom is -0.364 e. The third kappa shape index (κ3) is 2.90. The molecule has 0 aliphatic carbocycles. The smallest absolute Gasteiger partial charge is 0.123 e. The maximum absolute atomic E-state index is 13.1. The number of likely N-dealkylation sites (tertiary alicyclic amines) is 1. The highest BCUT2D eigenvalue weighted by Crippen LogP contribution is 2.31. The lowest BCUT2D eigenvalue weighted by Gasteiger charge is -2.49. The molecule has 0 saturated carbocycles. The van der Waals surface area contributed by atoms with Crippen LogP contribution in [0.5, 0.6) is 0 Å². The van der Waals surface area contributed by atoms with Crippen molar-refractivity contribution in [3.8, 4) is 0 Å². The van der Waals surface area contributed by atoms with Crippen LogP contribution in [0, 0.1) is 5.82 Å². The number of benzene rings is 1. The van der Waals surface area contributed by atoms with Crippen LogP contribution in [0.2, 0.25) is 0 Å². The van der Waals surface area contributed by atoms with Crippen LogP contribution < -0.4 is 10.6 Å². The summed E-state index contributed by atoms with van der Waals surface area (Å²) in [5.41, 5.74) is 7.13. The predicted molar refractivity (Wildman–Crippen MR) is 77.9 cm³/mol. The number of piperidine rings is 1. The summed E-state index contributed by atoms with van der Waals surface area (Å²) in [6.45, 7) is 5.74. The summed E-state index contributed by atoms with van der Waals surface area (Å²) in [7, 11) is 2.14. The zero-order valence-electron chi connectivity index (χ0n) is 11.9. The molecule has 1 fully saturated rings. The van der Waals surface area contributed by atoms with E-state index in [0.29, 0.717) is 6.54 Å². The van der Waals surface area contributed by atoms with Crippen LogP contribution in [0.1, 0.15) is 19.8 Å². The van der Waals surface area contributed by atoms with Gasteiger partial charge in [-0.05, 0) is 57.6 Å². The Balaban J connectivity index is 2.30. The van der Waals surface area contributed by atoms with Gasteiger partial charge in [-0.3, -0.25) is 0 Å². The highest BCUT2D eigenvalue weighted by molar-refractivity contribution is 5.49. The molecule has 1 heterocycles. The summed E-state index contributed by atoms with van der Waals surface area (Å²) in [6, 6.07) is 6.75. The average molecular weight is 265 g/mol. The van der Waals surface area contributed by atoms with E-state index in [9.17, 15) is 4.39 Å². The first-order valence-electron chi connectivity index (χ1n) is 7.03. The fraction of sp³-hybridized carbons (Fsp3) is 0.600. The van der Waals surface area contributed by atoms with E-state index >= 15 is 0 Å². The molecule has 1 aromatic rings. The summed E-state index contributed by atoms with van der Waals surface area (Å²) in [4.78, 5) is 4.67. The van der Waals surface area contributed by atoms with E-state index < -0.39 is 0 Å². The Morgan fingerprint density at radius 3 is 2.58 bits per heavy atom. The Hall–Kier alpha value is -1.13. The number of hydrogen-bond acceptors (Lipinski definition) is 3. The number of halogens is 1. The third-order valence-electron chi connectivity index (χ3n) is 4.15. The van der Waals surface area contributed by atoms with Gasteiger partial charge in [0.1, 0.15) is 5.82 Å². The van der Waals surface area contributed by atoms with Gasteiger partial charge in [0.2, 0.25) is 0 Å². The SMILES string of the molecule is CCN(c1ccc(F)cc1)C1(CN)CCCN(C)C1. The van der Waals surface area contributed by atoms with Crippen molar-refractivity contribution < 1.29 is 4.39 Å².